The van der Waals surface area contributed by atoms with Gasteiger partial charge in [0, 0.05) is 4.47 Å². The largest absolute Gasteiger partial charge is 0.223 e. The Morgan fingerprint density at radius 3 is 2.71 bits per heavy atom. The molecule has 5 heteroatoms. The minimum atomic E-state index is -3.45. The van der Waals surface area contributed by atoms with Crippen molar-refractivity contribution >= 4 is 25.8 Å². The minimum Gasteiger partial charge on any atom is -0.223 e. The van der Waals surface area contributed by atoms with Crippen LogP contribution in [-0.2, 0) is 9.84 Å². The fourth-order valence-electron chi connectivity index (χ4n) is 1.07. The van der Waals surface area contributed by atoms with Gasteiger partial charge in [-0.15, -0.1) is 0 Å². The summed E-state index contributed by atoms with van der Waals surface area (Å²) in [6.45, 7) is 1.71. The monoisotopic (exact) mass is 273 g/mol. The first-order valence-corrected chi connectivity index (χ1v) is 6.28. The highest BCUT2D eigenvalue weighted by atomic mass is 79.9. The van der Waals surface area contributed by atoms with Gasteiger partial charge in [-0.05, 0) is 24.6 Å². The van der Waals surface area contributed by atoms with Crippen molar-refractivity contribution in [3.05, 3.63) is 28.2 Å². The lowest BCUT2D eigenvalue weighted by Crippen LogP contribution is -2.06. The van der Waals surface area contributed by atoms with E-state index in [1.807, 2.05) is 0 Å². The highest BCUT2D eigenvalue weighted by molar-refractivity contribution is 9.10. The molecule has 74 valence electrons. The predicted molar refractivity (Wildman–Crippen MR) is 56.5 cm³/mol. The van der Waals surface area contributed by atoms with E-state index >= 15 is 0 Å². The normalized spacial score (nSPS) is 10.9. The molecule has 0 bridgehead atoms. The maximum Gasteiger partial charge on any atom is 0.192 e. The van der Waals surface area contributed by atoms with Crippen molar-refractivity contribution in [1.29, 1.82) is 5.26 Å². The van der Waals surface area contributed by atoms with Crippen LogP contribution in [0.2, 0.25) is 0 Å². The van der Waals surface area contributed by atoms with E-state index in [0.717, 1.165) is 0 Å². The Balaban J connectivity index is 3.33. The van der Waals surface area contributed by atoms with Crippen LogP contribution >= 0.6 is 15.9 Å². The second-order valence-electron chi connectivity index (χ2n) is 2.83. The van der Waals surface area contributed by atoms with E-state index in [0.29, 0.717) is 10.0 Å². The fourth-order valence-corrected chi connectivity index (χ4v) is 2.77. The van der Waals surface area contributed by atoms with Crippen LogP contribution in [-0.4, -0.2) is 14.2 Å². The first kappa shape index (κ1) is 11.2. The highest BCUT2D eigenvalue weighted by Gasteiger charge is 2.16. The van der Waals surface area contributed by atoms with Crippen molar-refractivity contribution in [2.75, 3.05) is 5.75 Å². The van der Waals surface area contributed by atoms with E-state index in [9.17, 15) is 8.42 Å². The summed E-state index contributed by atoms with van der Waals surface area (Å²) in [5.74, 6) is -0.482. The van der Waals surface area contributed by atoms with Crippen molar-refractivity contribution < 1.29 is 8.42 Å². The molecule has 1 aromatic rings. The zero-order valence-corrected chi connectivity index (χ0v) is 9.89. The van der Waals surface area contributed by atoms with Crippen LogP contribution in [0.5, 0.6) is 0 Å². The zero-order chi connectivity index (χ0) is 10.8. The number of hydrogen-bond acceptors (Lipinski definition) is 3. The molecule has 0 amide bonds. The molecule has 0 aliphatic rings. The molecule has 0 aromatic heterocycles. The minimum absolute atomic E-state index is 0.216. The Kier molecular flexibility index (Phi) is 3.29. The standard InChI is InChI=1S/C9H8BrNO2S/c1-7-2-3-8(10)6-9(7)14(12,13)5-4-11/h2-3,6H,5H2,1H3. The van der Waals surface area contributed by atoms with Crippen molar-refractivity contribution in [1.82, 2.24) is 0 Å². The first-order valence-electron chi connectivity index (χ1n) is 3.83. The van der Waals surface area contributed by atoms with Gasteiger partial charge in [-0.3, -0.25) is 0 Å². The number of benzene rings is 1. The molecule has 14 heavy (non-hydrogen) atoms. The lowest BCUT2D eigenvalue weighted by molar-refractivity contribution is 0.598. The quantitative estimate of drug-likeness (QED) is 0.829. The van der Waals surface area contributed by atoms with E-state index in [2.05, 4.69) is 15.9 Å². The van der Waals surface area contributed by atoms with Crippen LogP contribution in [0.15, 0.2) is 27.6 Å². The van der Waals surface area contributed by atoms with Crippen LogP contribution < -0.4 is 0 Å². The molecule has 0 radical (unpaired) electrons. The second kappa shape index (κ2) is 4.11. The fraction of sp³-hybridized carbons (Fsp3) is 0.222. The zero-order valence-electron chi connectivity index (χ0n) is 7.49. The number of nitrogens with zero attached hydrogens (tertiary/aromatic N) is 1. The molecular weight excluding hydrogens is 266 g/mol. The van der Waals surface area contributed by atoms with Crippen molar-refractivity contribution in [2.45, 2.75) is 11.8 Å². The Morgan fingerprint density at radius 2 is 2.14 bits per heavy atom. The van der Waals surface area contributed by atoms with Gasteiger partial charge in [0.15, 0.2) is 9.84 Å². The average molecular weight is 274 g/mol. The topological polar surface area (TPSA) is 57.9 Å². The Labute approximate surface area is 91.4 Å². The molecule has 0 unspecified atom stereocenters. The van der Waals surface area contributed by atoms with Gasteiger partial charge >= 0.3 is 0 Å². The van der Waals surface area contributed by atoms with E-state index < -0.39 is 15.6 Å². The molecule has 0 aliphatic carbocycles. The van der Waals surface area contributed by atoms with E-state index in [1.165, 1.54) is 6.07 Å². The highest BCUT2D eigenvalue weighted by Crippen LogP contribution is 2.21. The summed E-state index contributed by atoms with van der Waals surface area (Å²) in [7, 11) is -3.45. The molecular formula is C9H8BrNO2S. The van der Waals surface area contributed by atoms with Crippen molar-refractivity contribution in [3.8, 4) is 6.07 Å². The summed E-state index contributed by atoms with van der Waals surface area (Å²) in [6.07, 6.45) is 0. The van der Waals surface area contributed by atoms with Gasteiger partial charge in [0.05, 0.1) is 11.0 Å². The second-order valence-corrected chi connectivity index (χ2v) is 5.70. The van der Waals surface area contributed by atoms with Gasteiger partial charge in [-0.25, -0.2) is 8.42 Å². The van der Waals surface area contributed by atoms with E-state index in [-0.39, 0.29) is 4.90 Å². The molecule has 0 saturated carbocycles. The van der Waals surface area contributed by atoms with Crippen molar-refractivity contribution in [2.24, 2.45) is 0 Å². The summed E-state index contributed by atoms with van der Waals surface area (Å²) < 4.78 is 23.8. The molecule has 0 heterocycles. The molecule has 0 saturated heterocycles. The summed E-state index contributed by atoms with van der Waals surface area (Å²) in [5.41, 5.74) is 0.656. The third-order valence-electron chi connectivity index (χ3n) is 1.74. The lowest BCUT2D eigenvalue weighted by atomic mass is 10.2. The molecule has 3 nitrogen and oxygen atoms in total. The number of sulfone groups is 1. The number of halogens is 1. The number of rotatable bonds is 2. The molecule has 1 rings (SSSR count). The average Bonchev–Trinajstić information content (AvgIpc) is 2.09. The van der Waals surface area contributed by atoms with Crippen LogP contribution in [0.4, 0.5) is 0 Å². The third kappa shape index (κ3) is 2.34. The smallest absolute Gasteiger partial charge is 0.192 e. The Morgan fingerprint density at radius 1 is 1.50 bits per heavy atom. The van der Waals surface area contributed by atoms with Gasteiger partial charge in [-0.2, -0.15) is 5.26 Å². The number of hydrogen-bond donors (Lipinski definition) is 0. The van der Waals surface area contributed by atoms with Gasteiger partial charge in [0.1, 0.15) is 5.75 Å². The number of nitriles is 1. The summed E-state index contributed by atoms with van der Waals surface area (Å²) in [4.78, 5) is 0.216. The molecule has 1 aromatic carbocycles. The van der Waals surface area contributed by atoms with Gasteiger partial charge in [0.25, 0.3) is 0 Å². The Bertz CT molecular complexity index is 488. The molecule has 0 N–H and O–H groups in total. The maximum absolute atomic E-state index is 11.6. The van der Waals surface area contributed by atoms with Crippen LogP contribution in [0, 0.1) is 18.3 Å². The van der Waals surface area contributed by atoms with Gasteiger partial charge in [0.2, 0.25) is 0 Å². The van der Waals surface area contributed by atoms with E-state index in [4.69, 9.17) is 5.26 Å². The summed E-state index contributed by atoms with van der Waals surface area (Å²) in [5, 5.41) is 8.38. The van der Waals surface area contributed by atoms with Gasteiger partial charge < -0.3 is 0 Å². The first-order chi connectivity index (χ1) is 6.47. The predicted octanol–water partition coefficient (Wildman–Crippen LogP) is 2.05. The summed E-state index contributed by atoms with van der Waals surface area (Å²) >= 11 is 3.19. The maximum atomic E-state index is 11.6. The van der Waals surface area contributed by atoms with Crippen LogP contribution in [0.25, 0.3) is 0 Å². The Hall–Kier alpha value is -0.860. The SMILES string of the molecule is Cc1ccc(Br)cc1S(=O)(=O)CC#N. The molecule has 0 aliphatic heterocycles. The lowest BCUT2D eigenvalue weighted by Gasteiger charge is -2.04. The van der Waals surface area contributed by atoms with E-state index in [1.54, 1.807) is 25.1 Å². The molecule has 0 atom stereocenters. The summed E-state index contributed by atoms with van der Waals surface area (Å²) in [6, 6.07) is 6.63. The van der Waals surface area contributed by atoms with Gasteiger partial charge in [-0.1, -0.05) is 22.0 Å². The third-order valence-corrected chi connectivity index (χ3v) is 3.85. The van der Waals surface area contributed by atoms with Crippen LogP contribution in [0.1, 0.15) is 5.56 Å². The van der Waals surface area contributed by atoms with Crippen molar-refractivity contribution in [3.63, 3.8) is 0 Å². The number of aryl methyl sites for hydroxylation is 1. The molecule has 0 spiro atoms. The molecule has 0 fully saturated rings. The van der Waals surface area contributed by atoms with Crippen LogP contribution in [0.3, 0.4) is 0 Å².